The molecule has 0 saturated carbocycles. The van der Waals surface area contributed by atoms with Crippen molar-refractivity contribution in [2.75, 3.05) is 25.1 Å². The van der Waals surface area contributed by atoms with E-state index < -0.39 is 12.1 Å². The van der Waals surface area contributed by atoms with Crippen molar-refractivity contribution in [3.63, 3.8) is 0 Å². The van der Waals surface area contributed by atoms with Crippen LogP contribution in [0.25, 0.3) is 11.4 Å². The number of thioether (sulfide) groups is 1. The van der Waals surface area contributed by atoms with Gasteiger partial charge in [0.15, 0.2) is 17.4 Å². The highest BCUT2D eigenvalue weighted by Gasteiger charge is 2.32. The van der Waals surface area contributed by atoms with Crippen LogP contribution in [0.4, 0.5) is 0 Å². The van der Waals surface area contributed by atoms with Gasteiger partial charge in [-0.05, 0) is 56.1 Å². The zero-order valence-electron chi connectivity index (χ0n) is 26.5. The molecule has 0 radical (unpaired) electrons. The summed E-state index contributed by atoms with van der Waals surface area (Å²) in [5.74, 6) is 1.19. The first kappa shape index (κ1) is 32.5. The number of ketones is 1. The second kappa shape index (κ2) is 14.4. The minimum atomic E-state index is -0.692. The Morgan fingerprint density at radius 1 is 1.02 bits per heavy atom. The molecular weight excluding hydrogens is 590 g/mol. The zero-order valence-corrected chi connectivity index (χ0v) is 27.3. The van der Waals surface area contributed by atoms with E-state index in [1.165, 1.54) is 0 Å². The first-order chi connectivity index (χ1) is 21.7. The molecule has 3 N–H and O–H groups in total. The number of amides is 3. The van der Waals surface area contributed by atoms with Gasteiger partial charge in [-0.3, -0.25) is 19.2 Å². The first-order valence-corrected chi connectivity index (χ1v) is 17.2. The van der Waals surface area contributed by atoms with Crippen LogP contribution in [0.2, 0.25) is 0 Å². The summed E-state index contributed by atoms with van der Waals surface area (Å²) in [4.78, 5) is 63.3. The molecule has 0 unspecified atom stereocenters. The van der Waals surface area contributed by atoms with Crippen LogP contribution in [-0.4, -0.2) is 79.3 Å². The molecule has 0 fully saturated rings. The summed E-state index contributed by atoms with van der Waals surface area (Å²) in [5.41, 5.74) is 3.42. The van der Waals surface area contributed by atoms with Crippen molar-refractivity contribution in [1.82, 2.24) is 35.3 Å². The van der Waals surface area contributed by atoms with Crippen LogP contribution in [0.5, 0.6) is 0 Å². The molecular formula is C33H43N7O4S. The van der Waals surface area contributed by atoms with Crippen LogP contribution in [0.3, 0.4) is 0 Å². The highest BCUT2D eigenvalue weighted by molar-refractivity contribution is 7.98. The number of hydrogen-bond donors (Lipinski definition) is 3. The number of nitrogens with zero attached hydrogens (tertiary/aromatic N) is 4. The van der Waals surface area contributed by atoms with Gasteiger partial charge >= 0.3 is 0 Å². The van der Waals surface area contributed by atoms with E-state index in [-0.39, 0.29) is 35.8 Å². The zero-order chi connectivity index (χ0) is 32.1. The number of rotatable bonds is 6. The fraction of sp³-hybridized carbons (Fsp3) is 0.515. The van der Waals surface area contributed by atoms with Crippen molar-refractivity contribution in [2.45, 2.75) is 77.9 Å². The fourth-order valence-corrected chi connectivity index (χ4v) is 6.59. The highest BCUT2D eigenvalue weighted by Crippen LogP contribution is 2.28. The Kier molecular flexibility index (Phi) is 10.4. The number of fused-ring (bicyclic) bond motifs is 2. The van der Waals surface area contributed by atoms with Gasteiger partial charge in [0.2, 0.25) is 11.8 Å². The number of carbonyl (C=O) groups excluding carboxylic acids is 4. The highest BCUT2D eigenvalue weighted by atomic mass is 32.2. The average molecular weight is 634 g/mol. The smallest absolute Gasteiger partial charge is 0.270 e. The summed E-state index contributed by atoms with van der Waals surface area (Å²) in [7, 11) is 0. The molecule has 1 aliphatic carbocycles. The monoisotopic (exact) mass is 633 g/mol. The van der Waals surface area contributed by atoms with E-state index in [9.17, 15) is 19.2 Å². The van der Waals surface area contributed by atoms with Gasteiger partial charge in [-0.2, -0.15) is 16.9 Å². The van der Waals surface area contributed by atoms with Crippen molar-refractivity contribution in [1.29, 1.82) is 0 Å². The maximum absolute atomic E-state index is 14.1. The van der Waals surface area contributed by atoms with Gasteiger partial charge in [0.1, 0.15) is 11.7 Å². The SMILES string of the molecule is CSCC[C@@H]1NC(=O)CCCN(C(=O)c2[nH]c3c(c2C)C(=O)CCC3)CCn2nc(-c3ccccc3)nc2[C@@H](C(C)C)NC1=O. The Labute approximate surface area is 268 Å². The van der Waals surface area contributed by atoms with Gasteiger partial charge in [0.05, 0.1) is 12.6 Å². The maximum atomic E-state index is 14.1. The predicted molar refractivity (Wildman–Crippen MR) is 174 cm³/mol. The van der Waals surface area contributed by atoms with Crippen LogP contribution in [0, 0.1) is 12.8 Å². The van der Waals surface area contributed by atoms with Crippen LogP contribution in [0.15, 0.2) is 30.3 Å². The lowest BCUT2D eigenvalue weighted by molar-refractivity contribution is -0.129. The number of H-pyrrole nitrogens is 1. The normalized spacial score (nSPS) is 19.8. The molecule has 45 heavy (non-hydrogen) atoms. The number of nitrogens with one attached hydrogen (secondary N) is 3. The topological polar surface area (TPSA) is 142 Å². The van der Waals surface area contributed by atoms with Crippen LogP contribution in [0.1, 0.15) is 89.9 Å². The van der Waals surface area contributed by atoms with Crippen LogP contribution in [-0.2, 0) is 22.6 Å². The van der Waals surface area contributed by atoms with E-state index in [0.717, 1.165) is 24.1 Å². The van der Waals surface area contributed by atoms with Gasteiger partial charge in [0, 0.05) is 42.8 Å². The molecule has 3 heterocycles. The summed E-state index contributed by atoms with van der Waals surface area (Å²) in [6, 6.07) is 8.49. The van der Waals surface area contributed by atoms with E-state index in [4.69, 9.17) is 10.1 Å². The third-order valence-electron chi connectivity index (χ3n) is 8.59. The lowest BCUT2D eigenvalue weighted by Gasteiger charge is -2.28. The van der Waals surface area contributed by atoms with Gasteiger partial charge < -0.3 is 20.5 Å². The Bertz CT molecular complexity index is 1550. The van der Waals surface area contributed by atoms with Crippen LogP contribution >= 0.6 is 11.8 Å². The molecule has 240 valence electrons. The molecule has 0 spiro atoms. The van der Waals surface area contributed by atoms with Gasteiger partial charge in [-0.15, -0.1) is 0 Å². The lowest BCUT2D eigenvalue weighted by atomic mass is 9.94. The largest absolute Gasteiger partial charge is 0.354 e. The van der Waals surface area contributed by atoms with Crippen molar-refractivity contribution >= 4 is 35.3 Å². The van der Waals surface area contributed by atoms with E-state index >= 15 is 0 Å². The second-order valence-electron chi connectivity index (χ2n) is 12.2. The molecule has 2 aromatic heterocycles. The van der Waals surface area contributed by atoms with Crippen molar-refractivity contribution in [2.24, 2.45) is 5.92 Å². The number of carbonyl (C=O) groups is 4. The Morgan fingerprint density at radius 2 is 1.80 bits per heavy atom. The Morgan fingerprint density at radius 3 is 2.51 bits per heavy atom. The molecule has 2 atom stereocenters. The minimum Gasteiger partial charge on any atom is -0.354 e. The molecule has 2 aliphatic rings. The van der Waals surface area contributed by atoms with Crippen molar-refractivity contribution < 1.29 is 19.2 Å². The Balaban J connectivity index is 1.52. The number of aromatic amines is 1. The van der Waals surface area contributed by atoms with E-state index in [0.29, 0.717) is 73.1 Å². The molecule has 0 saturated heterocycles. The molecule has 3 amide bonds. The molecule has 5 rings (SSSR count). The standard InChI is InChI=1S/C33H43N7O4S/c1-20(2)28-31-37-30(22-10-6-5-7-11-22)38-40(31)18-17-39(16-9-14-26(42)34-24(15-19-45-4)32(43)36-28)33(44)29-21(3)27-23(35-29)12-8-13-25(27)41/h5-7,10-11,20,24,28,35H,8-9,12-19H2,1-4H3,(H,34,42)(H,36,43)/t24-,28+/m0/s1. The van der Waals surface area contributed by atoms with Gasteiger partial charge in [-0.25, -0.2) is 9.67 Å². The quantitative estimate of drug-likeness (QED) is 0.371. The summed E-state index contributed by atoms with van der Waals surface area (Å²) >= 11 is 1.62. The number of aromatic nitrogens is 4. The fourth-order valence-electron chi connectivity index (χ4n) is 6.12. The first-order valence-electron chi connectivity index (χ1n) is 15.8. The Hall–Kier alpha value is -3.93. The van der Waals surface area contributed by atoms with Crippen LogP contribution < -0.4 is 10.6 Å². The average Bonchev–Trinajstić information content (AvgIpc) is 3.60. The second-order valence-corrected chi connectivity index (χ2v) is 13.2. The van der Waals surface area contributed by atoms with Crippen molar-refractivity contribution in [3.05, 3.63) is 58.7 Å². The summed E-state index contributed by atoms with van der Waals surface area (Å²) < 4.78 is 1.80. The summed E-state index contributed by atoms with van der Waals surface area (Å²) in [6.07, 6.45) is 5.04. The van der Waals surface area contributed by atoms with E-state index in [1.54, 1.807) is 21.3 Å². The third-order valence-corrected chi connectivity index (χ3v) is 9.23. The molecule has 1 aromatic carbocycles. The summed E-state index contributed by atoms with van der Waals surface area (Å²) in [6.45, 7) is 6.82. The number of hydrogen-bond acceptors (Lipinski definition) is 7. The van der Waals surface area contributed by atoms with E-state index in [1.807, 2.05) is 57.4 Å². The van der Waals surface area contributed by atoms with Gasteiger partial charge in [-0.1, -0.05) is 44.2 Å². The molecule has 12 heteroatoms. The van der Waals surface area contributed by atoms with Crippen molar-refractivity contribution in [3.8, 4) is 11.4 Å². The molecule has 1 aliphatic heterocycles. The lowest BCUT2D eigenvalue weighted by Crippen LogP contribution is -2.49. The van der Waals surface area contributed by atoms with Gasteiger partial charge in [0.25, 0.3) is 5.91 Å². The predicted octanol–water partition coefficient (Wildman–Crippen LogP) is 4.09. The number of Topliss-reactive ketones (excluding diaryl/α,β-unsaturated/α-hetero) is 1. The van der Waals surface area contributed by atoms with E-state index in [2.05, 4.69) is 15.6 Å². The number of benzene rings is 1. The molecule has 3 aromatic rings. The molecule has 0 bridgehead atoms. The molecule has 11 nitrogen and oxygen atoms in total. The minimum absolute atomic E-state index is 0.0338. The third kappa shape index (κ3) is 7.32. The number of aryl methyl sites for hydroxylation is 1. The maximum Gasteiger partial charge on any atom is 0.270 e. The summed E-state index contributed by atoms with van der Waals surface area (Å²) in [5, 5.41) is 11.0.